The SMILES string of the molecule is C=CC(=O)Cc1ccc(C(=O)Oc2cc[c]([Co](=[O])[c]3ccc(CC(=O)C=C)cc3)cc2Cl)cc1. The first-order valence-electron chi connectivity index (χ1n) is 10.1. The van der Waals surface area contributed by atoms with Crippen LogP contribution in [0.4, 0.5) is 0 Å². The van der Waals surface area contributed by atoms with E-state index in [1.165, 1.54) is 24.3 Å². The number of esters is 1. The van der Waals surface area contributed by atoms with E-state index in [-0.39, 0.29) is 35.2 Å². The van der Waals surface area contributed by atoms with E-state index in [0.717, 1.165) is 11.1 Å². The molecule has 3 rings (SSSR count). The molecule has 0 heterocycles. The molecule has 0 spiro atoms. The van der Waals surface area contributed by atoms with Gasteiger partial charge in [-0.05, 0) is 6.08 Å². The Morgan fingerprint density at radius 1 is 0.794 bits per heavy atom. The zero-order valence-electron chi connectivity index (χ0n) is 18.1. The summed E-state index contributed by atoms with van der Waals surface area (Å²) in [6.45, 7) is 6.89. The molecule has 175 valence electrons. The van der Waals surface area contributed by atoms with Gasteiger partial charge >= 0.3 is 190 Å². The Labute approximate surface area is 206 Å². The van der Waals surface area contributed by atoms with Crippen molar-refractivity contribution < 1.29 is 36.6 Å². The fraction of sp³-hybridized carbons (Fsp3) is 0.0741. The Kier molecular flexibility index (Phi) is 8.59. The normalized spacial score (nSPS) is 10.8. The van der Waals surface area contributed by atoms with Gasteiger partial charge in [0.05, 0.1) is 0 Å². The van der Waals surface area contributed by atoms with Crippen molar-refractivity contribution in [3.8, 4) is 5.75 Å². The second-order valence-corrected chi connectivity index (χ2v) is 9.44. The molecule has 0 aliphatic carbocycles. The van der Waals surface area contributed by atoms with E-state index in [2.05, 4.69) is 13.2 Å². The molecule has 0 radical (unpaired) electrons. The second kappa shape index (κ2) is 11.6. The van der Waals surface area contributed by atoms with Crippen LogP contribution in [0.1, 0.15) is 21.5 Å². The van der Waals surface area contributed by atoms with Gasteiger partial charge in [0.25, 0.3) is 0 Å². The summed E-state index contributed by atoms with van der Waals surface area (Å²) in [4.78, 5) is 35.4. The third-order valence-electron chi connectivity index (χ3n) is 4.73. The summed E-state index contributed by atoms with van der Waals surface area (Å²) in [6, 6.07) is 18.0. The van der Waals surface area contributed by atoms with Gasteiger partial charge in [0, 0.05) is 0 Å². The van der Waals surface area contributed by atoms with Gasteiger partial charge in [-0.2, -0.15) is 0 Å². The number of ketones is 2. The number of benzene rings is 3. The van der Waals surface area contributed by atoms with Crippen molar-refractivity contribution in [2.45, 2.75) is 12.8 Å². The summed E-state index contributed by atoms with van der Waals surface area (Å²) in [5.41, 5.74) is 1.86. The minimum absolute atomic E-state index is 0.0902. The van der Waals surface area contributed by atoms with Crippen molar-refractivity contribution in [3.05, 3.63) is 114 Å². The third kappa shape index (κ3) is 6.54. The third-order valence-corrected chi connectivity index (χ3v) is 6.79. The number of ether oxygens (including phenoxy) is 1. The Hall–Kier alpha value is -3.45. The summed E-state index contributed by atoms with van der Waals surface area (Å²) < 4.78 is 19.4. The summed E-state index contributed by atoms with van der Waals surface area (Å²) in [6.07, 6.45) is 2.97. The molecular formula is C27H21ClCoO5. The van der Waals surface area contributed by atoms with E-state index in [0.29, 0.717) is 14.6 Å². The average molecular weight is 520 g/mol. The van der Waals surface area contributed by atoms with Gasteiger partial charge in [0.1, 0.15) is 0 Å². The van der Waals surface area contributed by atoms with Crippen LogP contribution in [0, 0.1) is 0 Å². The maximum atomic E-state index is 12.9. The average Bonchev–Trinajstić information content (AvgIpc) is 2.85. The van der Waals surface area contributed by atoms with Crippen LogP contribution in [0.15, 0.2) is 92.0 Å². The molecule has 0 atom stereocenters. The molecule has 0 N–H and O–H groups in total. The van der Waals surface area contributed by atoms with E-state index in [9.17, 15) is 18.2 Å². The van der Waals surface area contributed by atoms with Crippen molar-refractivity contribution in [2.75, 3.05) is 0 Å². The van der Waals surface area contributed by atoms with Crippen LogP contribution in [0.25, 0.3) is 0 Å². The summed E-state index contributed by atoms with van der Waals surface area (Å²) in [5.74, 6) is -0.667. The monoisotopic (exact) mass is 519 g/mol. The fourth-order valence-electron chi connectivity index (χ4n) is 2.91. The Morgan fingerprint density at radius 3 is 1.79 bits per heavy atom. The van der Waals surface area contributed by atoms with Crippen LogP contribution in [-0.2, 0) is 39.9 Å². The first kappa shape index (κ1) is 25.2. The standard InChI is InChI=1S/C17H12ClO3.C10H9O.Co.O/c1-2-14(19)11-12-7-9-13(10-8-12)17(20)21-16-6-4-3-5-15(16)18;1-2-10(11)8-9-6-4-3-5-7-9;;/h2,4-10H,1,11H2;2,4-7H,1,8H2;;. The Bertz CT molecular complexity index is 1280. The molecule has 0 saturated carbocycles. The molecular weight excluding hydrogens is 499 g/mol. The van der Waals surface area contributed by atoms with Gasteiger partial charge in [0.2, 0.25) is 0 Å². The van der Waals surface area contributed by atoms with Crippen molar-refractivity contribution in [1.82, 2.24) is 0 Å². The molecule has 7 heteroatoms. The van der Waals surface area contributed by atoms with Gasteiger partial charge in [-0.1, -0.05) is 6.58 Å². The summed E-state index contributed by atoms with van der Waals surface area (Å²) in [7, 11) is 0. The first-order valence-corrected chi connectivity index (χ1v) is 12.0. The molecule has 3 aromatic rings. The predicted molar refractivity (Wildman–Crippen MR) is 127 cm³/mol. The van der Waals surface area contributed by atoms with Gasteiger partial charge < -0.3 is 0 Å². The predicted octanol–water partition coefficient (Wildman–Crippen LogP) is 4.07. The van der Waals surface area contributed by atoms with Crippen LogP contribution in [-0.4, -0.2) is 17.5 Å². The molecule has 5 nitrogen and oxygen atoms in total. The van der Waals surface area contributed by atoms with Gasteiger partial charge in [-0.15, -0.1) is 0 Å². The van der Waals surface area contributed by atoms with E-state index < -0.39 is 19.6 Å². The van der Waals surface area contributed by atoms with Crippen molar-refractivity contribution in [2.24, 2.45) is 0 Å². The van der Waals surface area contributed by atoms with E-state index >= 15 is 0 Å². The molecule has 34 heavy (non-hydrogen) atoms. The number of carbonyl (C=O) groups is 3. The molecule has 0 amide bonds. The fourth-order valence-corrected chi connectivity index (χ4v) is 4.58. The van der Waals surface area contributed by atoms with E-state index in [4.69, 9.17) is 16.3 Å². The first-order chi connectivity index (χ1) is 16.3. The number of carbonyl (C=O) groups excluding carboxylic acids is 3. The van der Waals surface area contributed by atoms with Crippen LogP contribution < -0.4 is 13.7 Å². The quantitative estimate of drug-likeness (QED) is 0.229. The molecule has 3 aromatic carbocycles. The maximum absolute atomic E-state index is 12.9. The molecule has 0 aromatic heterocycles. The topological polar surface area (TPSA) is 77.5 Å². The van der Waals surface area contributed by atoms with Crippen molar-refractivity contribution in [1.29, 1.82) is 0 Å². The van der Waals surface area contributed by atoms with Crippen molar-refractivity contribution in [3.63, 3.8) is 0 Å². The number of hydrogen-bond donors (Lipinski definition) is 0. The molecule has 0 fully saturated rings. The Balaban J connectivity index is 1.68. The number of allylic oxidation sites excluding steroid dienone is 2. The summed E-state index contributed by atoms with van der Waals surface area (Å²) >= 11 is 4.39. The Morgan fingerprint density at radius 2 is 1.29 bits per heavy atom. The van der Waals surface area contributed by atoms with Crippen molar-refractivity contribution >= 4 is 38.1 Å². The van der Waals surface area contributed by atoms with Gasteiger partial charge in [-0.25, -0.2) is 0 Å². The molecule has 0 unspecified atom stereocenters. The van der Waals surface area contributed by atoms with Gasteiger partial charge in [-0.3, -0.25) is 4.79 Å². The van der Waals surface area contributed by atoms with Crippen LogP contribution in [0.3, 0.4) is 0 Å². The zero-order valence-corrected chi connectivity index (χ0v) is 19.9. The molecule has 0 aliphatic rings. The van der Waals surface area contributed by atoms with Crippen LogP contribution in [0.2, 0.25) is 5.02 Å². The number of hydrogen-bond acceptors (Lipinski definition) is 5. The van der Waals surface area contributed by atoms with Gasteiger partial charge in [0.15, 0.2) is 0 Å². The minimum atomic E-state index is -1.90. The number of halogens is 1. The zero-order chi connectivity index (χ0) is 24.7. The van der Waals surface area contributed by atoms with E-state index in [1.54, 1.807) is 54.6 Å². The number of rotatable bonds is 10. The molecule has 0 saturated heterocycles. The second-order valence-electron chi connectivity index (χ2n) is 7.15. The van der Waals surface area contributed by atoms with E-state index in [1.807, 2.05) is 0 Å². The summed E-state index contributed by atoms with van der Waals surface area (Å²) in [5, 5.41) is 0.148. The van der Waals surface area contributed by atoms with Crippen LogP contribution in [0.5, 0.6) is 5.75 Å². The molecule has 0 bridgehead atoms. The van der Waals surface area contributed by atoms with Crippen LogP contribution >= 0.6 is 11.6 Å². The molecule has 0 aliphatic heterocycles.